The van der Waals surface area contributed by atoms with Gasteiger partial charge in [0.2, 0.25) is 0 Å². The van der Waals surface area contributed by atoms with Crippen molar-refractivity contribution in [3.05, 3.63) is 18.0 Å². The number of aryl methyl sites for hydroxylation is 1. The van der Waals surface area contributed by atoms with Crippen molar-refractivity contribution in [3.8, 4) is 0 Å². The van der Waals surface area contributed by atoms with E-state index < -0.39 is 0 Å². The van der Waals surface area contributed by atoms with Crippen molar-refractivity contribution in [3.63, 3.8) is 0 Å². The normalized spacial score (nSPS) is 11.0. The standard InChI is InChI=1S/C9H16N2S/c1-8(2)11-9(4-3-7-12)5-6-10-11/h5-6,8,12H,3-4,7H2,1-2H3. The highest BCUT2D eigenvalue weighted by molar-refractivity contribution is 7.80. The lowest BCUT2D eigenvalue weighted by Crippen LogP contribution is -2.07. The number of rotatable bonds is 4. The molecule has 0 aliphatic rings. The van der Waals surface area contributed by atoms with Crippen LogP contribution in [0.4, 0.5) is 0 Å². The largest absolute Gasteiger partial charge is 0.267 e. The van der Waals surface area contributed by atoms with E-state index in [1.165, 1.54) is 5.69 Å². The molecule has 0 radical (unpaired) electrons. The van der Waals surface area contributed by atoms with Crippen LogP contribution in [0.15, 0.2) is 12.3 Å². The summed E-state index contributed by atoms with van der Waals surface area (Å²) in [5.74, 6) is 0.948. The lowest BCUT2D eigenvalue weighted by Gasteiger charge is -2.09. The van der Waals surface area contributed by atoms with Gasteiger partial charge >= 0.3 is 0 Å². The molecule has 12 heavy (non-hydrogen) atoms. The molecule has 0 atom stereocenters. The average molecular weight is 184 g/mol. The zero-order valence-corrected chi connectivity index (χ0v) is 8.59. The quantitative estimate of drug-likeness (QED) is 0.711. The minimum Gasteiger partial charge on any atom is -0.267 e. The molecule has 0 aliphatic carbocycles. The average Bonchev–Trinajstić information content (AvgIpc) is 2.48. The molecular formula is C9H16N2S. The van der Waals surface area contributed by atoms with Gasteiger partial charge in [0, 0.05) is 17.9 Å². The molecule has 0 saturated heterocycles. The van der Waals surface area contributed by atoms with E-state index in [9.17, 15) is 0 Å². The topological polar surface area (TPSA) is 17.8 Å². The monoisotopic (exact) mass is 184 g/mol. The Labute approximate surface area is 79.4 Å². The molecule has 0 spiro atoms. The highest BCUT2D eigenvalue weighted by Gasteiger charge is 2.03. The molecule has 0 unspecified atom stereocenters. The first-order chi connectivity index (χ1) is 5.75. The Hall–Kier alpha value is -0.440. The Bertz CT molecular complexity index is 230. The summed E-state index contributed by atoms with van der Waals surface area (Å²) in [4.78, 5) is 0. The van der Waals surface area contributed by atoms with E-state index in [4.69, 9.17) is 0 Å². The van der Waals surface area contributed by atoms with E-state index in [1.807, 2.05) is 6.20 Å². The summed E-state index contributed by atoms with van der Waals surface area (Å²) < 4.78 is 2.07. The van der Waals surface area contributed by atoms with E-state index in [-0.39, 0.29) is 0 Å². The zero-order valence-electron chi connectivity index (χ0n) is 7.70. The van der Waals surface area contributed by atoms with Gasteiger partial charge in [0.15, 0.2) is 0 Å². The van der Waals surface area contributed by atoms with Gasteiger partial charge in [-0.3, -0.25) is 4.68 Å². The third-order valence-electron chi connectivity index (χ3n) is 1.83. The smallest absolute Gasteiger partial charge is 0.0492 e. The maximum atomic E-state index is 4.26. The van der Waals surface area contributed by atoms with Gasteiger partial charge in [0.1, 0.15) is 0 Å². The second-order valence-electron chi connectivity index (χ2n) is 3.19. The Morgan fingerprint density at radius 1 is 1.58 bits per heavy atom. The second-order valence-corrected chi connectivity index (χ2v) is 3.64. The first kappa shape index (κ1) is 9.65. The van der Waals surface area contributed by atoms with Crippen molar-refractivity contribution >= 4 is 12.6 Å². The van der Waals surface area contributed by atoms with E-state index in [0.29, 0.717) is 6.04 Å². The number of aromatic nitrogens is 2. The lowest BCUT2D eigenvalue weighted by molar-refractivity contribution is 0.507. The molecule has 3 heteroatoms. The van der Waals surface area contributed by atoms with Crippen LogP contribution in [0.5, 0.6) is 0 Å². The van der Waals surface area contributed by atoms with Crippen LogP contribution in [0.2, 0.25) is 0 Å². The van der Waals surface area contributed by atoms with Crippen LogP contribution in [0, 0.1) is 0 Å². The molecule has 0 amide bonds. The third kappa shape index (κ3) is 2.27. The first-order valence-electron chi connectivity index (χ1n) is 4.39. The molecule has 0 N–H and O–H groups in total. The summed E-state index contributed by atoms with van der Waals surface area (Å²) in [6.45, 7) is 4.30. The van der Waals surface area contributed by atoms with Crippen LogP contribution in [0.1, 0.15) is 32.0 Å². The summed E-state index contributed by atoms with van der Waals surface area (Å²) in [5, 5.41) is 4.26. The maximum absolute atomic E-state index is 4.26. The molecule has 0 aliphatic heterocycles. The van der Waals surface area contributed by atoms with Crippen molar-refractivity contribution in [2.75, 3.05) is 5.75 Å². The van der Waals surface area contributed by atoms with Crippen LogP contribution in [0.3, 0.4) is 0 Å². The van der Waals surface area contributed by atoms with E-state index in [1.54, 1.807) is 0 Å². The molecule has 1 aromatic heterocycles. The molecule has 2 nitrogen and oxygen atoms in total. The molecular weight excluding hydrogens is 168 g/mol. The molecule has 0 bridgehead atoms. The van der Waals surface area contributed by atoms with Crippen molar-refractivity contribution < 1.29 is 0 Å². The van der Waals surface area contributed by atoms with Crippen molar-refractivity contribution in [1.82, 2.24) is 9.78 Å². The molecule has 0 aromatic carbocycles. The second kappa shape index (κ2) is 4.55. The van der Waals surface area contributed by atoms with Gasteiger partial charge < -0.3 is 0 Å². The summed E-state index contributed by atoms with van der Waals surface area (Å²) >= 11 is 4.19. The minimum absolute atomic E-state index is 0.468. The van der Waals surface area contributed by atoms with Crippen LogP contribution >= 0.6 is 12.6 Å². The van der Waals surface area contributed by atoms with Gasteiger partial charge in [-0.15, -0.1) is 0 Å². The number of thiol groups is 1. The van der Waals surface area contributed by atoms with E-state index >= 15 is 0 Å². The van der Waals surface area contributed by atoms with Gasteiger partial charge in [0.05, 0.1) is 0 Å². The SMILES string of the molecule is CC(C)n1nccc1CCCS. The molecule has 1 aromatic rings. The van der Waals surface area contributed by atoms with Crippen LogP contribution in [-0.4, -0.2) is 15.5 Å². The minimum atomic E-state index is 0.468. The van der Waals surface area contributed by atoms with Crippen LogP contribution in [-0.2, 0) is 6.42 Å². The highest BCUT2D eigenvalue weighted by Crippen LogP contribution is 2.09. The first-order valence-corrected chi connectivity index (χ1v) is 5.02. The summed E-state index contributed by atoms with van der Waals surface area (Å²) in [7, 11) is 0. The summed E-state index contributed by atoms with van der Waals surface area (Å²) in [6, 6.07) is 2.55. The van der Waals surface area contributed by atoms with Crippen LogP contribution in [0.25, 0.3) is 0 Å². The van der Waals surface area contributed by atoms with Crippen molar-refractivity contribution in [2.24, 2.45) is 0 Å². The number of hydrogen-bond donors (Lipinski definition) is 1. The number of nitrogens with zero attached hydrogens (tertiary/aromatic N) is 2. The molecule has 0 fully saturated rings. The Balaban J connectivity index is 2.64. The summed E-state index contributed by atoms with van der Waals surface area (Å²) in [5.41, 5.74) is 1.32. The van der Waals surface area contributed by atoms with Gasteiger partial charge in [-0.05, 0) is 38.5 Å². The maximum Gasteiger partial charge on any atom is 0.0492 e. The van der Waals surface area contributed by atoms with Crippen molar-refractivity contribution in [1.29, 1.82) is 0 Å². The van der Waals surface area contributed by atoms with E-state index in [0.717, 1.165) is 18.6 Å². The molecule has 1 rings (SSSR count). The van der Waals surface area contributed by atoms with Gasteiger partial charge in [-0.2, -0.15) is 17.7 Å². The number of hydrogen-bond acceptors (Lipinski definition) is 2. The fourth-order valence-electron chi connectivity index (χ4n) is 1.26. The Kier molecular flexibility index (Phi) is 3.66. The van der Waals surface area contributed by atoms with Crippen LogP contribution < -0.4 is 0 Å². The fourth-order valence-corrected chi connectivity index (χ4v) is 1.42. The van der Waals surface area contributed by atoms with E-state index in [2.05, 4.69) is 42.3 Å². The zero-order chi connectivity index (χ0) is 8.97. The van der Waals surface area contributed by atoms with Gasteiger partial charge in [-0.25, -0.2) is 0 Å². The Morgan fingerprint density at radius 2 is 2.33 bits per heavy atom. The third-order valence-corrected chi connectivity index (χ3v) is 2.15. The Morgan fingerprint density at radius 3 is 2.92 bits per heavy atom. The summed E-state index contributed by atoms with van der Waals surface area (Å²) in [6.07, 6.45) is 4.08. The lowest BCUT2D eigenvalue weighted by atomic mass is 10.2. The van der Waals surface area contributed by atoms with Crippen molar-refractivity contribution in [2.45, 2.75) is 32.7 Å². The predicted octanol–water partition coefficient (Wildman–Crippen LogP) is 2.33. The van der Waals surface area contributed by atoms with Gasteiger partial charge in [0.25, 0.3) is 0 Å². The molecule has 0 saturated carbocycles. The highest BCUT2D eigenvalue weighted by atomic mass is 32.1. The molecule has 68 valence electrons. The molecule has 1 heterocycles. The predicted molar refractivity (Wildman–Crippen MR) is 54.8 cm³/mol. The van der Waals surface area contributed by atoms with Gasteiger partial charge in [-0.1, -0.05) is 0 Å². The fraction of sp³-hybridized carbons (Fsp3) is 0.667.